The second-order valence-electron chi connectivity index (χ2n) is 4.25. The number of benzene rings is 1. The number of hydrogen-bond acceptors (Lipinski definition) is 2. The largest absolute Gasteiger partial charge is 0.484 e. The smallest absolute Gasteiger partial charge is 0.165 e. The van der Waals surface area contributed by atoms with E-state index in [0.29, 0.717) is 5.56 Å². The molecule has 1 aromatic carbocycles. The van der Waals surface area contributed by atoms with Gasteiger partial charge >= 0.3 is 0 Å². The highest BCUT2D eigenvalue weighted by molar-refractivity contribution is 6.17. The van der Waals surface area contributed by atoms with Crippen LogP contribution in [0.3, 0.4) is 0 Å². The van der Waals surface area contributed by atoms with Gasteiger partial charge in [0.1, 0.15) is 6.61 Å². The Morgan fingerprint density at radius 3 is 2.84 bits per heavy atom. The minimum atomic E-state index is -0.393. The summed E-state index contributed by atoms with van der Waals surface area (Å²) in [7, 11) is 1.85. The number of para-hydroxylation sites is 1. The number of hydrogen-bond donors (Lipinski definition) is 0. The van der Waals surface area contributed by atoms with Crippen LogP contribution in [-0.2, 0) is 26.0 Å². The molecule has 0 bridgehead atoms. The van der Waals surface area contributed by atoms with E-state index in [1.54, 1.807) is 16.8 Å². The summed E-state index contributed by atoms with van der Waals surface area (Å²) in [6.07, 6.45) is 0.862. The first-order valence-corrected chi connectivity index (χ1v) is 6.67. The van der Waals surface area contributed by atoms with Gasteiger partial charge in [-0.25, -0.2) is 4.39 Å². The third kappa shape index (κ3) is 3.07. The van der Waals surface area contributed by atoms with Crippen molar-refractivity contribution < 1.29 is 9.13 Å². The second-order valence-corrected chi connectivity index (χ2v) is 4.52. The number of halogens is 2. The molecule has 0 fully saturated rings. The Balaban J connectivity index is 2.16. The fraction of sp³-hybridized carbons (Fsp3) is 0.357. The summed E-state index contributed by atoms with van der Waals surface area (Å²) in [5.41, 5.74) is 2.55. The van der Waals surface area contributed by atoms with Crippen molar-refractivity contribution in [3.63, 3.8) is 0 Å². The second kappa shape index (κ2) is 6.06. The van der Waals surface area contributed by atoms with Crippen molar-refractivity contribution in [2.24, 2.45) is 7.05 Å². The Morgan fingerprint density at radius 1 is 1.42 bits per heavy atom. The molecule has 0 unspecified atom stereocenters. The lowest BCUT2D eigenvalue weighted by Gasteiger charge is -2.10. The maximum atomic E-state index is 13.7. The van der Waals surface area contributed by atoms with Gasteiger partial charge < -0.3 is 4.74 Å². The van der Waals surface area contributed by atoms with E-state index in [9.17, 15) is 4.39 Å². The zero-order chi connectivity index (χ0) is 13.8. The fourth-order valence-corrected chi connectivity index (χ4v) is 2.06. The third-order valence-electron chi connectivity index (χ3n) is 2.95. The standard InChI is InChI=1S/C14H16ClFN2O/c1-3-11-7-12(18(2)17-11)9-19-14-10(8-15)5-4-6-13(14)16/h4-7H,3,8-9H2,1-2H3. The summed E-state index contributed by atoms with van der Waals surface area (Å²) in [6.45, 7) is 2.31. The van der Waals surface area contributed by atoms with Gasteiger partial charge in [-0.05, 0) is 18.6 Å². The van der Waals surface area contributed by atoms with E-state index in [1.807, 2.05) is 20.0 Å². The normalized spacial score (nSPS) is 10.7. The molecule has 0 N–H and O–H groups in total. The third-order valence-corrected chi connectivity index (χ3v) is 3.23. The lowest BCUT2D eigenvalue weighted by Crippen LogP contribution is -2.05. The minimum absolute atomic E-state index is 0.219. The molecule has 19 heavy (non-hydrogen) atoms. The Labute approximate surface area is 117 Å². The molecule has 0 aliphatic heterocycles. The van der Waals surface area contributed by atoms with Gasteiger partial charge in [-0.15, -0.1) is 11.6 Å². The number of alkyl halides is 1. The average molecular weight is 283 g/mol. The van der Waals surface area contributed by atoms with E-state index in [4.69, 9.17) is 16.3 Å². The predicted octanol–water partition coefficient (Wildman–Crippen LogP) is 3.44. The molecule has 0 saturated carbocycles. The molecule has 0 aliphatic carbocycles. The van der Waals surface area contributed by atoms with E-state index >= 15 is 0 Å². The Bertz CT molecular complexity index is 569. The van der Waals surface area contributed by atoms with Crippen LogP contribution in [0.25, 0.3) is 0 Å². The molecule has 0 radical (unpaired) electrons. The van der Waals surface area contributed by atoms with Gasteiger partial charge in [0.15, 0.2) is 11.6 Å². The maximum Gasteiger partial charge on any atom is 0.165 e. The molecule has 0 amide bonds. The summed E-state index contributed by atoms with van der Waals surface area (Å²) >= 11 is 5.78. The van der Waals surface area contributed by atoms with Crippen LogP contribution in [0, 0.1) is 5.82 Å². The first-order chi connectivity index (χ1) is 9.15. The van der Waals surface area contributed by atoms with Crippen LogP contribution in [-0.4, -0.2) is 9.78 Å². The topological polar surface area (TPSA) is 27.1 Å². The summed E-state index contributed by atoms with van der Waals surface area (Å²) in [4.78, 5) is 0. The van der Waals surface area contributed by atoms with Gasteiger partial charge in [-0.2, -0.15) is 5.10 Å². The van der Waals surface area contributed by atoms with E-state index in [-0.39, 0.29) is 18.2 Å². The SMILES string of the molecule is CCc1cc(COc2c(F)cccc2CCl)n(C)n1. The number of nitrogens with zero attached hydrogens (tertiary/aromatic N) is 2. The highest BCUT2D eigenvalue weighted by atomic mass is 35.5. The van der Waals surface area contributed by atoms with Gasteiger partial charge in [-0.3, -0.25) is 4.68 Å². The molecule has 1 aromatic heterocycles. The molecule has 102 valence electrons. The van der Waals surface area contributed by atoms with Crippen molar-refractivity contribution in [3.05, 3.63) is 47.0 Å². The average Bonchev–Trinajstić information content (AvgIpc) is 2.77. The van der Waals surface area contributed by atoms with E-state index in [2.05, 4.69) is 5.10 Å². The van der Waals surface area contributed by atoms with Crippen LogP contribution in [0.5, 0.6) is 5.75 Å². The van der Waals surface area contributed by atoms with Crippen molar-refractivity contribution >= 4 is 11.6 Å². The van der Waals surface area contributed by atoms with E-state index in [1.165, 1.54) is 6.07 Å². The summed E-state index contributed by atoms with van der Waals surface area (Å²) in [5.74, 6) is 0.0476. The van der Waals surface area contributed by atoms with Crippen LogP contribution in [0.15, 0.2) is 24.3 Å². The molecule has 2 rings (SSSR count). The quantitative estimate of drug-likeness (QED) is 0.786. The van der Waals surface area contributed by atoms with Gasteiger partial charge in [-0.1, -0.05) is 19.1 Å². The monoisotopic (exact) mass is 282 g/mol. The highest BCUT2D eigenvalue weighted by Gasteiger charge is 2.11. The first kappa shape index (κ1) is 13.9. The zero-order valence-corrected chi connectivity index (χ0v) is 11.7. The van der Waals surface area contributed by atoms with Gasteiger partial charge in [0.2, 0.25) is 0 Å². The Kier molecular flexibility index (Phi) is 4.43. The minimum Gasteiger partial charge on any atom is -0.484 e. The molecular weight excluding hydrogens is 267 g/mol. The summed E-state index contributed by atoms with van der Waals surface area (Å²) < 4.78 is 21.0. The van der Waals surface area contributed by atoms with Gasteiger partial charge in [0.25, 0.3) is 0 Å². The van der Waals surface area contributed by atoms with E-state index < -0.39 is 5.82 Å². The highest BCUT2D eigenvalue weighted by Crippen LogP contribution is 2.25. The van der Waals surface area contributed by atoms with Gasteiger partial charge in [0, 0.05) is 12.6 Å². The fourth-order valence-electron chi connectivity index (χ4n) is 1.85. The molecule has 2 aromatic rings. The molecular formula is C14H16ClFN2O. The van der Waals surface area contributed by atoms with Gasteiger partial charge in [0.05, 0.1) is 17.3 Å². The van der Waals surface area contributed by atoms with Crippen LogP contribution in [0.1, 0.15) is 23.9 Å². The van der Waals surface area contributed by atoms with E-state index in [0.717, 1.165) is 17.8 Å². The molecule has 5 heteroatoms. The van der Waals surface area contributed by atoms with Crippen molar-refractivity contribution in [3.8, 4) is 5.75 Å². The first-order valence-electron chi connectivity index (χ1n) is 6.13. The Morgan fingerprint density at radius 2 is 2.21 bits per heavy atom. The van der Waals surface area contributed by atoms with Crippen LogP contribution >= 0.6 is 11.6 Å². The Hall–Kier alpha value is -1.55. The predicted molar refractivity (Wildman–Crippen MR) is 72.9 cm³/mol. The number of ether oxygens (including phenoxy) is 1. The molecule has 0 atom stereocenters. The lowest BCUT2D eigenvalue weighted by molar-refractivity contribution is 0.278. The number of aryl methyl sites for hydroxylation is 2. The van der Waals surface area contributed by atoms with Crippen molar-refractivity contribution in [1.29, 1.82) is 0 Å². The van der Waals surface area contributed by atoms with Crippen LogP contribution < -0.4 is 4.74 Å². The number of aromatic nitrogens is 2. The molecule has 3 nitrogen and oxygen atoms in total. The van der Waals surface area contributed by atoms with Crippen LogP contribution in [0.4, 0.5) is 4.39 Å². The zero-order valence-electron chi connectivity index (χ0n) is 11.0. The number of rotatable bonds is 5. The molecule has 0 spiro atoms. The maximum absolute atomic E-state index is 13.7. The van der Waals surface area contributed by atoms with Crippen LogP contribution in [0.2, 0.25) is 0 Å². The summed E-state index contributed by atoms with van der Waals surface area (Å²) in [6, 6.07) is 6.71. The summed E-state index contributed by atoms with van der Waals surface area (Å²) in [5, 5.41) is 4.32. The molecule has 1 heterocycles. The van der Waals surface area contributed by atoms with Crippen molar-refractivity contribution in [2.45, 2.75) is 25.8 Å². The van der Waals surface area contributed by atoms with Crippen molar-refractivity contribution in [1.82, 2.24) is 9.78 Å². The lowest BCUT2D eigenvalue weighted by atomic mass is 10.2. The molecule has 0 saturated heterocycles. The van der Waals surface area contributed by atoms with Crippen molar-refractivity contribution in [2.75, 3.05) is 0 Å². The molecule has 0 aliphatic rings.